The first-order valence-corrected chi connectivity index (χ1v) is 7.73. The number of benzene rings is 1. The lowest BCUT2D eigenvalue weighted by Gasteiger charge is -2.17. The summed E-state index contributed by atoms with van der Waals surface area (Å²) < 4.78 is 6.11. The molecule has 1 aliphatic heterocycles. The number of methoxy groups -OCH3 is 1. The normalized spacial score (nSPS) is 19.6. The Morgan fingerprint density at radius 2 is 2.40 bits per heavy atom. The Balaban J connectivity index is 1.91. The van der Waals surface area contributed by atoms with Gasteiger partial charge in [0.05, 0.1) is 17.6 Å². The predicted octanol–water partition coefficient (Wildman–Crippen LogP) is 2.63. The third-order valence-corrected chi connectivity index (χ3v) is 4.31. The second kappa shape index (κ2) is 7.09. The van der Waals surface area contributed by atoms with Crippen LogP contribution in [0.15, 0.2) is 22.7 Å². The number of nitrogens with one attached hydrogen (secondary N) is 2. The molecule has 1 aliphatic rings. The van der Waals surface area contributed by atoms with Crippen LogP contribution in [0.3, 0.4) is 0 Å². The minimum absolute atomic E-state index is 0.000863. The molecule has 1 heterocycles. The zero-order valence-electron chi connectivity index (χ0n) is 11.9. The standard InChI is InChI=1S/C15H21BrN2O2/c1-10(12-3-4-14(20-2)13(16)8-12)18-15(19)7-11-5-6-17-9-11/h3-4,8,10-11,17H,5-7,9H2,1-2H3,(H,18,19). The molecule has 1 aromatic rings. The highest BCUT2D eigenvalue weighted by molar-refractivity contribution is 9.10. The fraction of sp³-hybridized carbons (Fsp3) is 0.533. The summed E-state index contributed by atoms with van der Waals surface area (Å²) >= 11 is 3.47. The van der Waals surface area contributed by atoms with E-state index in [0.29, 0.717) is 12.3 Å². The zero-order chi connectivity index (χ0) is 14.5. The van der Waals surface area contributed by atoms with E-state index >= 15 is 0 Å². The van der Waals surface area contributed by atoms with Crippen molar-refractivity contribution in [2.45, 2.75) is 25.8 Å². The maximum Gasteiger partial charge on any atom is 0.220 e. The van der Waals surface area contributed by atoms with Gasteiger partial charge in [0.15, 0.2) is 0 Å². The molecule has 2 unspecified atom stereocenters. The van der Waals surface area contributed by atoms with Crippen LogP contribution in [0.5, 0.6) is 5.75 Å². The molecule has 1 amide bonds. The molecule has 110 valence electrons. The van der Waals surface area contributed by atoms with Crippen molar-refractivity contribution in [3.05, 3.63) is 28.2 Å². The molecule has 0 spiro atoms. The Morgan fingerprint density at radius 3 is 3.00 bits per heavy atom. The minimum Gasteiger partial charge on any atom is -0.496 e. The number of halogens is 1. The first kappa shape index (κ1) is 15.3. The summed E-state index contributed by atoms with van der Waals surface area (Å²) in [6, 6.07) is 5.87. The Labute approximate surface area is 128 Å². The molecule has 0 radical (unpaired) electrons. The third-order valence-electron chi connectivity index (χ3n) is 3.69. The number of amides is 1. The van der Waals surface area contributed by atoms with E-state index in [4.69, 9.17) is 4.74 Å². The molecule has 20 heavy (non-hydrogen) atoms. The van der Waals surface area contributed by atoms with Crippen molar-refractivity contribution in [3.63, 3.8) is 0 Å². The van der Waals surface area contributed by atoms with Crippen LogP contribution >= 0.6 is 15.9 Å². The fourth-order valence-corrected chi connectivity index (χ4v) is 3.04. The molecule has 0 saturated carbocycles. The maximum absolute atomic E-state index is 12.0. The number of hydrogen-bond acceptors (Lipinski definition) is 3. The molecule has 1 aromatic carbocycles. The van der Waals surface area contributed by atoms with Crippen molar-refractivity contribution in [2.75, 3.05) is 20.2 Å². The highest BCUT2D eigenvalue weighted by Gasteiger charge is 2.19. The largest absolute Gasteiger partial charge is 0.496 e. The summed E-state index contributed by atoms with van der Waals surface area (Å²) in [7, 11) is 1.64. The first-order chi connectivity index (χ1) is 9.60. The minimum atomic E-state index is -0.000863. The summed E-state index contributed by atoms with van der Waals surface area (Å²) in [4.78, 5) is 12.0. The maximum atomic E-state index is 12.0. The SMILES string of the molecule is COc1ccc(C(C)NC(=O)CC2CCNC2)cc1Br. The average Bonchev–Trinajstić information content (AvgIpc) is 2.91. The van der Waals surface area contributed by atoms with Crippen LogP contribution in [0.4, 0.5) is 0 Å². The summed E-state index contributed by atoms with van der Waals surface area (Å²) in [5.41, 5.74) is 1.07. The smallest absolute Gasteiger partial charge is 0.220 e. The Hall–Kier alpha value is -1.07. The van der Waals surface area contributed by atoms with Gasteiger partial charge in [-0.1, -0.05) is 6.07 Å². The molecular formula is C15H21BrN2O2. The lowest BCUT2D eigenvalue weighted by atomic mass is 10.0. The molecule has 1 saturated heterocycles. The van der Waals surface area contributed by atoms with Crippen LogP contribution in [0.25, 0.3) is 0 Å². The van der Waals surface area contributed by atoms with Crippen LogP contribution in [-0.4, -0.2) is 26.1 Å². The van der Waals surface area contributed by atoms with Crippen molar-refractivity contribution in [1.82, 2.24) is 10.6 Å². The molecule has 2 rings (SSSR count). The van der Waals surface area contributed by atoms with Crippen LogP contribution in [0.1, 0.15) is 31.4 Å². The van der Waals surface area contributed by atoms with Gasteiger partial charge in [0.2, 0.25) is 5.91 Å². The van der Waals surface area contributed by atoms with Gasteiger partial charge in [0.25, 0.3) is 0 Å². The monoisotopic (exact) mass is 340 g/mol. The van der Waals surface area contributed by atoms with Gasteiger partial charge in [-0.25, -0.2) is 0 Å². The van der Waals surface area contributed by atoms with E-state index in [0.717, 1.165) is 35.3 Å². The van der Waals surface area contributed by atoms with Crippen LogP contribution < -0.4 is 15.4 Å². The van der Waals surface area contributed by atoms with Crippen LogP contribution in [0, 0.1) is 5.92 Å². The molecular weight excluding hydrogens is 320 g/mol. The third kappa shape index (κ3) is 3.96. The van der Waals surface area contributed by atoms with E-state index in [1.165, 1.54) is 0 Å². The van der Waals surface area contributed by atoms with Gasteiger partial charge in [-0.2, -0.15) is 0 Å². The zero-order valence-corrected chi connectivity index (χ0v) is 13.5. The number of carbonyl (C=O) groups is 1. The van der Waals surface area contributed by atoms with Crippen LogP contribution in [-0.2, 0) is 4.79 Å². The molecule has 1 fully saturated rings. The molecule has 4 nitrogen and oxygen atoms in total. The second-order valence-electron chi connectivity index (χ2n) is 5.25. The van der Waals surface area contributed by atoms with Crippen molar-refractivity contribution in [2.24, 2.45) is 5.92 Å². The molecule has 0 aromatic heterocycles. The lowest BCUT2D eigenvalue weighted by molar-refractivity contribution is -0.122. The fourth-order valence-electron chi connectivity index (χ4n) is 2.49. The van der Waals surface area contributed by atoms with E-state index < -0.39 is 0 Å². The summed E-state index contributed by atoms with van der Waals surface area (Å²) in [6.45, 7) is 3.98. The number of ether oxygens (including phenoxy) is 1. The number of rotatable bonds is 5. The van der Waals surface area contributed by atoms with Gasteiger partial charge in [0.1, 0.15) is 5.75 Å². The first-order valence-electron chi connectivity index (χ1n) is 6.93. The van der Waals surface area contributed by atoms with E-state index in [1.807, 2.05) is 25.1 Å². The molecule has 0 bridgehead atoms. The van der Waals surface area contributed by atoms with E-state index in [1.54, 1.807) is 7.11 Å². The van der Waals surface area contributed by atoms with Gasteiger partial charge < -0.3 is 15.4 Å². The molecule has 5 heteroatoms. The lowest BCUT2D eigenvalue weighted by Crippen LogP contribution is -2.28. The molecule has 2 N–H and O–H groups in total. The highest BCUT2D eigenvalue weighted by atomic mass is 79.9. The quantitative estimate of drug-likeness (QED) is 0.866. The summed E-state index contributed by atoms with van der Waals surface area (Å²) in [5.74, 6) is 1.40. The van der Waals surface area contributed by atoms with Crippen molar-refractivity contribution in [3.8, 4) is 5.75 Å². The average molecular weight is 341 g/mol. The highest BCUT2D eigenvalue weighted by Crippen LogP contribution is 2.28. The Kier molecular flexibility index (Phi) is 5.43. The second-order valence-corrected chi connectivity index (χ2v) is 6.10. The van der Waals surface area contributed by atoms with Crippen molar-refractivity contribution >= 4 is 21.8 Å². The van der Waals surface area contributed by atoms with Crippen LogP contribution in [0.2, 0.25) is 0 Å². The predicted molar refractivity (Wildman–Crippen MR) is 82.8 cm³/mol. The van der Waals surface area contributed by atoms with Gasteiger partial charge in [-0.15, -0.1) is 0 Å². The van der Waals surface area contributed by atoms with Gasteiger partial charge >= 0.3 is 0 Å². The van der Waals surface area contributed by atoms with E-state index in [9.17, 15) is 4.79 Å². The van der Waals surface area contributed by atoms with E-state index in [-0.39, 0.29) is 11.9 Å². The van der Waals surface area contributed by atoms with Gasteiger partial charge in [-0.05, 0) is 66.0 Å². The Morgan fingerprint density at radius 1 is 1.60 bits per heavy atom. The van der Waals surface area contributed by atoms with E-state index in [2.05, 4.69) is 26.6 Å². The van der Waals surface area contributed by atoms with Crippen molar-refractivity contribution in [1.29, 1.82) is 0 Å². The topological polar surface area (TPSA) is 50.4 Å². The summed E-state index contributed by atoms with van der Waals surface area (Å²) in [5, 5.41) is 6.34. The molecule has 0 aliphatic carbocycles. The number of hydrogen-bond donors (Lipinski definition) is 2. The number of carbonyl (C=O) groups excluding carboxylic acids is 1. The summed E-state index contributed by atoms with van der Waals surface area (Å²) in [6.07, 6.45) is 1.70. The molecule has 2 atom stereocenters. The Bertz CT molecular complexity index is 473. The van der Waals surface area contributed by atoms with Gasteiger partial charge in [0, 0.05) is 6.42 Å². The van der Waals surface area contributed by atoms with Crippen molar-refractivity contribution < 1.29 is 9.53 Å². The van der Waals surface area contributed by atoms with Gasteiger partial charge in [-0.3, -0.25) is 4.79 Å².